The number of nitrogens with one attached hydrogen (secondary N) is 1. The highest BCUT2D eigenvalue weighted by Crippen LogP contribution is 2.40. The lowest BCUT2D eigenvalue weighted by atomic mass is 10.3. The maximum Gasteiger partial charge on any atom is 0.318 e. The Bertz CT molecular complexity index is 406. The molecule has 0 atom stereocenters. The van der Waals surface area contributed by atoms with Gasteiger partial charge in [-0.25, -0.2) is 0 Å². The average Bonchev–Trinajstić information content (AvgIpc) is 2.67. The second kappa shape index (κ2) is 4.35. The van der Waals surface area contributed by atoms with Crippen LogP contribution in [0.15, 0.2) is 23.1 Å². The molecule has 0 radical (unpaired) electrons. The van der Waals surface area contributed by atoms with Gasteiger partial charge in [0, 0.05) is 4.90 Å². The highest BCUT2D eigenvalue weighted by atomic mass is 32.2. The van der Waals surface area contributed by atoms with Crippen molar-refractivity contribution in [3.05, 3.63) is 18.2 Å². The van der Waals surface area contributed by atoms with Gasteiger partial charge in [-0.15, -0.1) is 11.8 Å². The van der Waals surface area contributed by atoms with Crippen LogP contribution in [0.4, 0.5) is 5.69 Å². The van der Waals surface area contributed by atoms with Gasteiger partial charge in [-0.2, -0.15) is 0 Å². The number of benzene rings is 1. The third-order valence-electron chi connectivity index (χ3n) is 1.94. The number of carbonyl (C=O) groups is 2. The first-order valence-corrected chi connectivity index (χ1v) is 5.44. The van der Waals surface area contributed by atoms with Crippen molar-refractivity contribution in [2.24, 2.45) is 0 Å². The van der Waals surface area contributed by atoms with Gasteiger partial charge in [0.05, 0.1) is 11.6 Å². The number of fused-ring (bicyclic) bond motifs is 1. The molecule has 2 rings (SSSR count). The van der Waals surface area contributed by atoms with Crippen LogP contribution >= 0.6 is 11.8 Å². The summed E-state index contributed by atoms with van der Waals surface area (Å²) in [4.78, 5) is 22.3. The van der Waals surface area contributed by atoms with E-state index in [1.54, 1.807) is 17.8 Å². The minimum atomic E-state index is -0.530. The predicted octanol–water partition coefficient (Wildman–Crippen LogP) is 1.66. The molecule has 78 valence electrons. The molecule has 1 N–H and O–H groups in total. The Hall–Kier alpha value is -1.49. The van der Waals surface area contributed by atoms with Crippen LogP contribution in [-0.2, 0) is 9.59 Å². The molecule has 0 saturated heterocycles. The summed E-state index contributed by atoms with van der Waals surface area (Å²) in [5, 5.41) is 3.11. The van der Waals surface area contributed by atoms with Crippen LogP contribution in [0.3, 0.4) is 0 Å². The molecule has 0 amide bonds. The minimum Gasteiger partial charge on any atom is -0.424 e. The standard InChI is InChI=1S/C10H9NO3S/c12-5-4-9(13)14-7-2-1-3-8-10(7)11-6-15-8/h1-3,5,11H,4,6H2. The molecule has 0 fully saturated rings. The molecule has 1 aromatic rings. The molecule has 1 aliphatic rings. The van der Waals surface area contributed by atoms with Gasteiger partial charge in [0.15, 0.2) is 5.75 Å². The highest BCUT2D eigenvalue weighted by Gasteiger charge is 2.17. The van der Waals surface area contributed by atoms with Crippen LogP contribution in [0.2, 0.25) is 0 Å². The molecular weight excluding hydrogens is 214 g/mol. The largest absolute Gasteiger partial charge is 0.424 e. The molecule has 1 aliphatic heterocycles. The molecular formula is C10H9NO3S. The maximum absolute atomic E-state index is 11.1. The van der Waals surface area contributed by atoms with Crippen LogP contribution in [0.1, 0.15) is 6.42 Å². The first-order valence-electron chi connectivity index (χ1n) is 4.45. The van der Waals surface area contributed by atoms with Gasteiger partial charge >= 0.3 is 5.97 Å². The molecule has 5 heteroatoms. The van der Waals surface area contributed by atoms with Crippen molar-refractivity contribution >= 4 is 29.7 Å². The van der Waals surface area contributed by atoms with E-state index in [2.05, 4.69) is 5.32 Å². The first kappa shape index (κ1) is 10.0. The molecule has 0 saturated carbocycles. The van der Waals surface area contributed by atoms with Gasteiger partial charge < -0.3 is 14.8 Å². The van der Waals surface area contributed by atoms with E-state index in [0.29, 0.717) is 12.0 Å². The third kappa shape index (κ3) is 2.12. The Balaban J connectivity index is 2.18. The number of thioether (sulfide) groups is 1. The van der Waals surface area contributed by atoms with Crippen LogP contribution in [0.5, 0.6) is 5.75 Å². The Morgan fingerprint density at radius 3 is 3.27 bits per heavy atom. The van der Waals surface area contributed by atoms with Crippen LogP contribution < -0.4 is 10.1 Å². The monoisotopic (exact) mass is 223 g/mol. The summed E-state index contributed by atoms with van der Waals surface area (Å²) in [5.41, 5.74) is 0.835. The normalized spacial score (nSPS) is 12.8. The zero-order chi connectivity index (χ0) is 10.7. The number of rotatable bonds is 3. The van der Waals surface area contributed by atoms with Crippen molar-refractivity contribution in [2.45, 2.75) is 11.3 Å². The first-order chi connectivity index (χ1) is 7.31. The van der Waals surface area contributed by atoms with Crippen molar-refractivity contribution in [1.29, 1.82) is 0 Å². The number of ether oxygens (including phenoxy) is 1. The Labute approximate surface area is 91.0 Å². The van der Waals surface area contributed by atoms with Crippen LogP contribution in [0, 0.1) is 0 Å². The number of hydrogen-bond donors (Lipinski definition) is 1. The second-order valence-corrected chi connectivity index (χ2v) is 3.96. The fraction of sp³-hybridized carbons (Fsp3) is 0.200. The predicted molar refractivity (Wildman–Crippen MR) is 57.1 cm³/mol. The number of anilines is 1. The van der Waals surface area contributed by atoms with E-state index in [0.717, 1.165) is 16.5 Å². The van der Waals surface area contributed by atoms with E-state index >= 15 is 0 Å². The lowest BCUT2D eigenvalue weighted by Gasteiger charge is -2.07. The zero-order valence-corrected chi connectivity index (χ0v) is 8.67. The van der Waals surface area contributed by atoms with E-state index in [4.69, 9.17) is 4.74 Å². The quantitative estimate of drug-likeness (QED) is 0.365. The summed E-state index contributed by atoms with van der Waals surface area (Å²) >= 11 is 1.65. The fourth-order valence-electron chi connectivity index (χ4n) is 1.31. The van der Waals surface area contributed by atoms with Crippen molar-refractivity contribution in [1.82, 2.24) is 0 Å². The Morgan fingerprint density at radius 2 is 2.47 bits per heavy atom. The van der Waals surface area contributed by atoms with Gasteiger partial charge in [-0.05, 0) is 12.1 Å². The number of hydrogen-bond acceptors (Lipinski definition) is 5. The van der Waals surface area contributed by atoms with Crippen molar-refractivity contribution in [2.75, 3.05) is 11.2 Å². The fourth-order valence-corrected chi connectivity index (χ4v) is 2.17. The molecule has 15 heavy (non-hydrogen) atoms. The summed E-state index contributed by atoms with van der Waals surface area (Å²) in [5.74, 6) is 0.735. The topological polar surface area (TPSA) is 55.4 Å². The van der Waals surface area contributed by atoms with Crippen molar-refractivity contribution in [3.8, 4) is 5.75 Å². The minimum absolute atomic E-state index is 0.211. The van der Waals surface area contributed by atoms with Gasteiger partial charge in [-0.1, -0.05) is 6.07 Å². The molecule has 4 nitrogen and oxygen atoms in total. The Kier molecular flexibility index (Phi) is 2.91. The number of para-hydroxylation sites is 1. The van der Waals surface area contributed by atoms with E-state index in [1.807, 2.05) is 12.1 Å². The van der Waals surface area contributed by atoms with E-state index < -0.39 is 5.97 Å². The zero-order valence-electron chi connectivity index (χ0n) is 7.86. The van der Waals surface area contributed by atoms with E-state index in [-0.39, 0.29) is 6.42 Å². The van der Waals surface area contributed by atoms with Gasteiger partial charge in [0.25, 0.3) is 0 Å². The second-order valence-electron chi connectivity index (χ2n) is 2.94. The van der Waals surface area contributed by atoms with E-state index in [9.17, 15) is 9.59 Å². The van der Waals surface area contributed by atoms with Crippen molar-refractivity contribution < 1.29 is 14.3 Å². The molecule has 0 aliphatic carbocycles. The Morgan fingerprint density at radius 1 is 1.60 bits per heavy atom. The highest BCUT2D eigenvalue weighted by molar-refractivity contribution is 7.99. The maximum atomic E-state index is 11.1. The number of carbonyl (C=O) groups excluding carboxylic acids is 2. The average molecular weight is 223 g/mol. The van der Waals surface area contributed by atoms with Gasteiger partial charge in [-0.3, -0.25) is 4.79 Å². The molecule has 0 spiro atoms. The molecule has 0 unspecified atom stereocenters. The summed E-state index contributed by atoms with van der Waals surface area (Å²) in [6, 6.07) is 5.49. The number of aldehydes is 1. The molecule has 0 aromatic heterocycles. The molecule has 1 aromatic carbocycles. The summed E-state index contributed by atoms with van der Waals surface area (Å²) in [6.07, 6.45) is 0.324. The number of esters is 1. The van der Waals surface area contributed by atoms with Crippen molar-refractivity contribution in [3.63, 3.8) is 0 Å². The molecule has 1 heterocycles. The smallest absolute Gasteiger partial charge is 0.318 e. The third-order valence-corrected chi connectivity index (χ3v) is 2.88. The summed E-state index contributed by atoms with van der Waals surface area (Å²) in [7, 11) is 0. The lowest BCUT2D eigenvalue weighted by molar-refractivity contribution is -0.135. The van der Waals surface area contributed by atoms with Gasteiger partial charge in [0.2, 0.25) is 0 Å². The lowest BCUT2D eigenvalue weighted by Crippen LogP contribution is -2.09. The molecule has 0 bridgehead atoms. The van der Waals surface area contributed by atoms with Gasteiger partial charge in [0.1, 0.15) is 12.7 Å². The summed E-state index contributed by atoms with van der Waals surface area (Å²) in [6.45, 7) is 0. The van der Waals surface area contributed by atoms with Crippen LogP contribution in [-0.4, -0.2) is 18.1 Å². The summed E-state index contributed by atoms with van der Waals surface area (Å²) < 4.78 is 5.05. The van der Waals surface area contributed by atoms with Crippen LogP contribution in [0.25, 0.3) is 0 Å². The van der Waals surface area contributed by atoms with E-state index in [1.165, 1.54) is 0 Å². The SMILES string of the molecule is O=CCC(=O)Oc1cccc2c1NCS2.